The lowest BCUT2D eigenvalue weighted by Gasteiger charge is -2.23. The van der Waals surface area contributed by atoms with Crippen LogP contribution >= 0.6 is 0 Å². The van der Waals surface area contributed by atoms with Gasteiger partial charge in [0.2, 0.25) is 0 Å². The second kappa shape index (κ2) is 5.60. The van der Waals surface area contributed by atoms with Crippen LogP contribution in [0.25, 0.3) is 22.2 Å². The molecule has 1 saturated carbocycles. The molecule has 1 aliphatic rings. The summed E-state index contributed by atoms with van der Waals surface area (Å²) < 4.78 is 2.40. The van der Waals surface area contributed by atoms with E-state index >= 15 is 0 Å². The van der Waals surface area contributed by atoms with E-state index in [0.717, 1.165) is 5.52 Å². The molecule has 0 atom stereocenters. The summed E-state index contributed by atoms with van der Waals surface area (Å²) in [5, 5.41) is 0. The van der Waals surface area contributed by atoms with Gasteiger partial charge in [-0.2, -0.15) is 0 Å². The van der Waals surface area contributed by atoms with E-state index < -0.39 is 0 Å². The molecule has 0 radical (unpaired) electrons. The molecule has 1 fully saturated rings. The van der Waals surface area contributed by atoms with Gasteiger partial charge in [0.25, 0.3) is 0 Å². The molecule has 1 heterocycles. The highest BCUT2D eigenvalue weighted by molar-refractivity contribution is 5.82. The van der Waals surface area contributed by atoms with E-state index in [-0.39, 0.29) is 0 Å². The Hall–Kier alpha value is -2.09. The second-order valence-corrected chi connectivity index (χ2v) is 6.51. The molecule has 0 unspecified atom stereocenters. The fourth-order valence-corrected chi connectivity index (χ4v) is 3.61. The smallest absolute Gasteiger partial charge is 0.0960 e. The fourth-order valence-electron chi connectivity index (χ4n) is 3.61. The Balaban J connectivity index is 1.71. The van der Waals surface area contributed by atoms with Crippen LogP contribution < -0.4 is 0 Å². The lowest BCUT2D eigenvalue weighted by atomic mass is 9.95. The monoisotopic (exact) mass is 290 g/mol. The average molecular weight is 290 g/mol. The molecule has 0 amide bonds. The standard InChI is InChI=1S/C20H22N2/c1-15-7-9-16(10-8-15)17-11-12-20-19(13-17)21-14-22(20)18-5-3-2-4-6-18/h7-14,18H,2-6H2,1H3. The Bertz CT molecular complexity index is 777. The first-order valence-electron chi connectivity index (χ1n) is 8.35. The van der Waals surface area contributed by atoms with E-state index in [1.807, 2.05) is 6.33 Å². The van der Waals surface area contributed by atoms with Crippen molar-refractivity contribution >= 4 is 11.0 Å². The van der Waals surface area contributed by atoms with Gasteiger partial charge in [0.05, 0.1) is 17.4 Å². The Morgan fingerprint density at radius 1 is 0.909 bits per heavy atom. The molecule has 1 aliphatic carbocycles. The molecule has 0 bridgehead atoms. The molecule has 112 valence electrons. The summed E-state index contributed by atoms with van der Waals surface area (Å²) in [6.45, 7) is 2.12. The highest BCUT2D eigenvalue weighted by atomic mass is 15.1. The largest absolute Gasteiger partial charge is 0.327 e. The van der Waals surface area contributed by atoms with E-state index in [4.69, 9.17) is 0 Å². The summed E-state index contributed by atoms with van der Waals surface area (Å²) in [6.07, 6.45) is 8.73. The van der Waals surface area contributed by atoms with Crippen molar-refractivity contribution < 1.29 is 0 Å². The summed E-state index contributed by atoms with van der Waals surface area (Å²) in [7, 11) is 0. The number of rotatable bonds is 2. The Kier molecular flexibility index (Phi) is 3.45. The number of nitrogens with zero attached hydrogens (tertiary/aromatic N) is 2. The third kappa shape index (κ3) is 2.43. The maximum atomic E-state index is 4.66. The zero-order chi connectivity index (χ0) is 14.9. The average Bonchev–Trinajstić information content (AvgIpc) is 2.99. The van der Waals surface area contributed by atoms with E-state index in [1.165, 1.54) is 54.3 Å². The van der Waals surface area contributed by atoms with Crippen LogP contribution in [0.5, 0.6) is 0 Å². The van der Waals surface area contributed by atoms with Crippen molar-refractivity contribution in [2.45, 2.75) is 45.1 Å². The van der Waals surface area contributed by atoms with Crippen molar-refractivity contribution in [1.82, 2.24) is 9.55 Å². The Morgan fingerprint density at radius 2 is 1.64 bits per heavy atom. The normalized spacial score (nSPS) is 16.2. The van der Waals surface area contributed by atoms with Crippen molar-refractivity contribution in [2.75, 3.05) is 0 Å². The van der Waals surface area contributed by atoms with Crippen molar-refractivity contribution in [2.24, 2.45) is 0 Å². The number of aromatic nitrogens is 2. The molecular formula is C20H22N2. The van der Waals surface area contributed by atoms with Crippen LogP contribution in [0.15, 0.2) is 48.8 Å². The topological polar surface area (TPSA) is 17.8 Å². The minimum atomic E-state index is 0.643. The van der Waals surface area contributed by atoms with Crippen molar-refractivity contribution in [3.63, 3.8) is 0 Å². The molecule has 0 spiro atoms. The van der Waals surface area contributed by atoms with E-state index in [0.29, 0.717) is 6.04 Å². The zero-order valence-electron chi connectivity index (χ0n) is 13.1. The lowest BCUT2D eigenvalue weighted by Crippen LogP contribution is -2.11. The highest BCUT2D eigenvalue weighted by Gasteiger charge is 2.17. The van der Waals surface area contributed by atoms with Crippen molar-refractivity contribution in [3.8, 4) is 11.1 Å². The van der Waals surface area contributed by atoms with Gasteiger partial charge in [0, 0.05) is 6.04 Å². The molecule has 2 nitrogen and oxygen atoms in total. The first kappa shape index (κ1) is 13.6. The van der Waals surface area contributed by atoms with Gasteiger partial charge in [-0.05, 0) is 43.0 Å². The van der Waals surface area contributed by atoms with Crippen LogP contribution in [0.3, 0.4) is 0 Å². The number of hydrogen-bond acceptors (Lipinski definition) is 1. The molecule has 3 aromatic rings. The number of imidazole rings is 1. The summed E-state index contributed by atoms with van der Waals surface area (Å²) in [5.74, 6) is 0. The van der Waals surface area contributed by atoms with Gasteiger partial charge in [0.15, 0.2) is 0 Å². The minimum absolute atomic E-state index is 0.643. The summed E-state index contributed by atoms with van der Waals surface area (Å²) >= 11 is 0. The van der Waals surface area contributed by atoms with E-state index in [2.05, 4.69) is 58.9 Å². The molecule has 1 aromatic heterocycles. The first-order chi connectivity index (χ1) is 10.8. The number of fused-ring (bicyclic) bond motifs is 1. The molecule has 0 saturated heterocycles. The fraction of sp³-hybridized carbons (Fsp3) is 0.350. The number of benzene rings is 2. The molecule has 4 rings (SSSR count). The van der Waals surface area contributed by atoms with E-state index in [1.54, 1.807) is 0 Å². The van der Waals surface area contributed by atoms with Crippen molar-refractivity contribution in [3.05, 3.63) is 54.4 Å². The van der Waals surface area contributed by atoms with Crippen LogP contribution in [-0.4, -0.2) is 9.55 Å². The third-order valence-electron chi connectivity index (χ3n) is 4.93. The van der Waals surface area contributed by atoms with Crippen LogP contribution in [-0.2, 0) is 0 Å². The van der Waals surface area contributed by atoms with Gasteiger partial charge in [-0.1, -0.05) is 55.2 Å². The van der Waals surface area contributed by atoms with Gasteiger partial charge in [0.1, 0.15) is 0 Å². The van der Waals surface area contributed by atoms with E-state index in [9.17, 15) is 0 Å². The lowest BCUT2D eigenvalue weighted by molar-refractivity contribution is 0.359. The highest BCUT2D eigenvalue weighted by Crippen LogP contribution is 2.32. The summed E-state index contributed by atoms with van der Waals surface area (Å²) in [5.41, 5.74) is 6.21. The van der Waals surface area contributed by atoms with Crippen LogP contribution in [0.2, 0.25) is 0 Å². The predicted octanol–water partition coefficient (Wildman–Crippen LogP) is 5.52. The molecule has 22 heavy (non-hydrogen) atoms. The summed E-state index contributed by atoms with van der Waals surface area (Å²) in [4.78, 5) is 4.66. The van der Waals surface area contributed by atoms with Crippen molar-refractivity contribution in [1.29, 1.82) is 0 Å². The third-order valence-corrected chi connectivity index (χ3v) is 4.93. The zero-order valence-corrected chi connectivity index (χ0v) is 13.1. The quantitative estimate of drug-likeness (QED) is 0.608. The molecule has 2 heteroatoms. The molecular weight excluding hydrogens is 268 g/mol. The van der Waals surface area contributed by atoms with Gasteiger partial charge >= 0.3 is 0 Å². The van der Waals surface area contributed by atoms with Gasteiger partial charge in [-0.15, -0.1) is 0 Å². The van der Waals surface area contributed by atoms with Gasteiger partial charge in [-0.25, -0.2) is 4.98 Å². The molecule has 0 aliphatic heterocycles. The summed E-state index contributed by atoms with van der Waals surface area (Å²) in [6, 6.07) is 16.0. The molecule has 0 N–H and O–H groups in total. The predicted molar refractivity (Wildman–Crippen MR) is 92.0 cm³/mol. The maximum Gasteiger partial charge on any atom is 0.0960 e. The first-order valence-corrected chi connectivity index (χ1v) is 8.35. The van der Waals surface area contributed by atoms with Crippen LogP contribution in [0, 0.1) is 6.92 Å². The van der Waals surface area contributed by atoms with Gasteiger partial charge < -0.3 is 4.57 Å². The van der Waals surface area contributed by atoms with Crippen LogP contribution in [0.4, 0.5) is 0 Å². The molecule has 2 aromatic carbocycles. The Labute approximate surface area is 131 Å². The SMILES string of the molecule is Cc1ccc(-c2ccc3c(c2)ncn3C2CCCCC2)cc1. The second-order valence-electron chi connectivity index (χ2n) is 6.51. The van der Waals surface area contributed by atoms with Crippen LogP contribution in [0.1, 0.15) is 43.7 Å². The number of aryl methyl sites for hydroxylation is 1. The Morgan fingerprint density at radius 3 is 2.41 bits per heavy atom. The minimum Gasteiger partial charge on any atom is -0.327 e. The maximum absolute atomic E-state index is 4.66. The number of hydrogen-bond donors (Lipinski definition) is 0. The van der Waals surface area contributed by atoms with Gasteiger partial charge in [-0.3, -0.25) is 0 Å².